The van der Waals surface area contributed by atoms with E-state index in [0.717, 1.165) is 27.5 Å². The Bertz CT molecular complexity index is 3580. The van der Waals surface area contributed by atoms with E-state index < -0.39 is 8.07 Å². The van der Waals surface area contributed by atoms with Crippen LogP contribution in [0.4, 0.5) is 0 Å². The maximum absolute atomic E-state index is 6.77. The minimum Gasteiger partial charge on any atom is -0.455 e. The molecule has 0 N–H and O–H groups in total. The number of rotatable bonds is 4. The van der Waals surface area contributed by atoms with Crippen LogP contribution in [0, 0.1) is 0 Å². The predicted octanol–water partition coefficient (Wildman–Crippen LogP) is 12.5. The lowest BCUT2D eigenvalue weighted by atomic mass is 9.82. The molecule has 0 amide bonds. The van der Waals surface area contributed by atoms with Crippen LogP contribution in [-0.2, 0) is 5.41 Å². The number of benzene rings is 9. The number of para-hydroxylation sites is 4. The van der Waals surface area contributed by atoms with E-state index in [1.807, 2.05) is 11.8 Å². The normalized spacial score (nSPS) is 16.2. The molecule has 1 aliphatic heterocycles. The molecular formula is C57H39NOSSi. The number of nitrogens with zero attached hydrogens (tertiary/aromatic N) is 1. The highest BCUT2D eigenvalue weighted by atomic mass is 32.2. The second-order valence-corrected chi connectivity index (χ2v) is 21.9. The van der Waals surface area contributed by atoms with Gasteiger partial charge in [-0.3, -0.25) is 0 Å². The number of furan rings is 1. The largest absolute Gasteiger partial charge is 0.455 e. The molecule has 1 atom stereocenters. The van der Waals surface area contributed by atoms with Gasteiger partial charge in [0.05, 0.1) is 11.0 Å². The van der Waals surface area contributed by atoms with Gasteiger partial charge in [-0.05, 0) is 85.0 Å². The van der Waals surface area contributed by atoms with Gasteiger partial charge in [0.15, 0.2) is 8.07 Å². The van der Waals surface area contributed by atoms with Crippen LogP contribution in [0.15, 0.2) is 214 Å². The first-order valence-electron chi connectivity index (χ1n) is 21.2. The van der Waals surface area contributed by atoms with E-state index in [1.54, 1.807) is 0 Å². The Balaban J connectivity index is 1.18. The molecule has 0 radical (unpaired) electrons. The molecule has 9 aromatic carbocycles. The highest BCUT2D eigenvalue weighted by Crippen LogP contribution is 2.49. The summed E-state index contributed by atoms with van der Waals surface area (Å²) in [7, 11) is -3.17. The van der Waals surface area contributed by atoms with Gasteiger partial charge in [-0.25, -0.2) is 0 Å². The maximum Gasteiger partial charge on any atom is 0.182 e. The fraction of sp³-hybridized carbons (Fsp3) is 0.0526. The molecule has 0 spiro atoms. The van der Waals surface area contributed by atoms with E-state index >= 15 is 0 Å². The number of hydrogen-bond acceptors (Lipinski definition) is 2. The highest BCUT2D eigenvalue weighted by Gasteiger charge is 2.51. The Kier molecular flexibility index (Phi) is 7.35. The average Bonchev–Trinajstić information content (AvgIpc) is 3.94. The minimum absolute atomic E-state index is 0.146. The Morgan fingerprint density at radius 2 is 1.07 bits per heavy atom. The zero-order valence-corrected chi connectivity index (χ0v) is 35.6. The molecule has 13 rings (SSSR count). The third-order valence-corrected chi connectivity index (χ3v) is 20.2. The number of hydrogen-bond donors (Lipinski definition) is 0. The van der Waals surface area contributed by atoms with Gasteiger partial charge in [-0.1, -0.05) is 189 Å². The van der Waals surface area contributed by atoms with Crippen LogP contribution >= 0.6 is 11.8 Å². The molecule has 0 saturated carbocycles. The lowest BCUT2D eigenvalue weighted by molar-refractivity contribution is 0.660. The number of aromatic nitrogens is 1. The van der Waals surface area contributed by atoms with Gasteiger partial charge >= 0.3 is 0 Å². The van der Waals surface area contributed by atoms with Crippen molar-refractivity contribution in [3.63, 3.8) is 0 Å². The summed E-state index contributed by atoms with van der Waals surface area (Å²) in [4.78, 5) is 2.63. The SMILES string of the molecule is CC1(C)c2ccccc2-c2c1cccc2[Si]1(c2cccc(-n3c4ccccc4c4ccccc43)c2)c2ccccc2Sc2c(-c3cccc4c3oc3ccccc34)cccc21. The second-order valence-electron chi connectivity index (χ2n) is 17.1. The van der Waals surface area contributed by atoms with Gasteiger partial charge < -0.3 is 8.98 Å². The molecule has 2 nitrogen and oxygen atoms in total. The van der Waals surface area contributed by atoms with Gasteiger partial charge in [0, 0.05) is 48.0 Å². The fourth-order valence-electron chi connectivity index (χ4n) is 11.1. The highest BCUT2D eigenvalue weighted by molar-refractivity contribution is 8.00. The van der Waals surface area contributed by atoms with E-state index in [2.05, 4.69) is 219 Å². The zero-order valence-electron chi connectivity index (χ0n) is 33.8. The van der Waals surface area contributed by atoms with E-state index in [1.165, 1.54) is 85.8 Å². The van der Waals surface area contributed by atoms with Crippen LogP contribution in [0.1, 0.15) is 25.0 Å². The molecule has 3 heterocycles. The van der Waals surface area contributed by atoms with Crippen LogP contribution in [0.3, 0.4) is 0 Å². The topological polar surface area (TPSA) is 18.1 Å². The van der Waals surface area contributed by atoms with Crippen LogP contribution < -0.4 is 20.7 Å². The molecule has 0 fully saturated rings. The summed E-state index contributed by atoms with van der Waals surface area (Å²) < 4.78 is 9.25. The average molecular weight is 814 g/mol. The summed E-state index contributed by atoms with van der Waals surface area (Å²) in [5.74, 6) is 0. The Morgan fingerprint density at radius 1 is 0.475 bits per heavy atom. The molecule has 61 heavy (non-hydrogen) atoms. The molecule has 11 aromatic rings. The molecule has 288 valence electrons. The van der Waals surface area contributed by atoms with Gasteiger partial charge in [-0.2, -0.15) is 0 Å². The molecular weight excluding hydrogens is 775 g/mol. The summed E-state index contributed by atoms with van der Waals surface area (Å²) in [6.07, 6.45) is 0. The maximum atomic E-state index is 6.77. The summed E-state index contributed by atoms with van der Waals surface area (Å²) in [5, 5.41) is 10.5. The first-order valence-corrected chi connectivity index (χ1v) is 24.0. The third kappa shape index (κ3) is 4.69. The molecule has 2 aliphatic rings. The van der Waals surface area contributed by atoms with Crippen molar-refractivity contribution in [1.29, 1.82) is 0 Å². The van der Waals surface area contributed by atoms with Crippen molar-refractivity contribution in [2.24, 2.45) is 0 Å². The summed E-state index contributed by atoms with van der Waals surface area (Å²) in [6.45, 7) is 4.81. The van der Waals surface area contributed by atoms with Crippen molar-refractivity contribution in [3.8, 4) is 27.9 Å². The fourth-order valence-corrected chi connectivity index (χ4v) is 18.5. The third-order valence-electron chi connectivity index (χ3n) is 13.7. The van der Waals surface area contributed by atoms with Gasteiger partial charge in [0.1, 0.15) is 11.2 Å². The van der Waals surface area contributed by atoms with E-state index in [9.17, 15) is 0 Å². The van der Waals surface area contributed by atoms with Crippen LogP contribution in [-0.4, -0.2) is 12.6 Å². The minimum atomic E-state index is -3.17. The molecule has 0 bridgehead atoms. The Morgan fingerprint density at radius 3 is 1.92 bits per heavy atom. The summed E-state index contributed by atoms with van der Waals surface area (Å²) in [6, 6.07) is 75.1. The quantitative estimate of drug-likeness (QED) is 0.165. The van der Waals surface area contributed by atoms with Crippen molar-refractivity contribution >= 4 is 84.3 Å². The van der Waals surface area contributed by atoms with Crippen molar-refractivity contribution in [1.82, 2.24) is 4.57 Å². The molecule has 1 unspecified atom stereocenters. The monoisotopic (exact) mass is 813 g/mol. The van der Waals surface area contributed by atoms with E-state index in [4.69, 9.17) is 4.42 Å². The van der Waals surface area contributed by atoms with E-state index in [-0.39, 0.29) is 5.41 Å². The number of fused-ring (bicyclic) bond motifs is 11. The standard InChI is InChI=1S/C57H39NOSSi/c1-57(2)45-26-7-3-22-44(45)54-46(57)27-16-33-52(54)61(37-18-13-17-36(35-37)58-47-28-8-4-19-38(47)39-20-5-9-29-48(39)58)51-32-12-11-31-50(51)60-56-43(25-15-34-53(56)61)42-24-14-23-41-40-21-6-10-30-49(40)59-55(41)42/h3-35H,1-2H3. The summed E-state index contributed by atoms with van der Waals surface area (Å²) in [5.41, 5.74) is 13.2. The first-order chi connectivity index (χ1) is 30.0. The van der Waals surface area contributed by atoms with Gasteiger partial charge in [-0.15, -0.1) is 0 Å². The molecule has 4 heteroatoms. The first kappa shape index (κ1) is 35.0. The Labute approximate surface area is 359 Å². The molecule has 2 aromatic heterocycles. The van der Waals surface area contributed by atoms with Gasteiger partial charge in [0.2, 0.25) is 0 Å². The molecule has 1 aliphatic carbocycles. The van der Waals surface area contributed by atoms with Crippen molar-refractivity contribution < 1.29 is 4.42 Å². The zero-order chi connectivity index (χ0) is 40.5. The van der Waals surface area contributed by atoms with Crippen LogP contribution in [0.5, 0.6) is 0 Å². The van der Waals surface area contributed by atoms with Crippen LogP contribution in [0.2, 0.25) is 0 Å². The van der Waals surface area contributed by atoms with Crippen molar-refractivity contribution in [3.05, 3.63) is 211 Å². The second kappa shape index (κ2) is 12.8. The predicted molar refractivity (Wildman–Crippen MR) is 259 cm³/mol. The lowest BCUT2D eigenvalue weighted by Crippen LogP contribution is -2.77. The smallest absolute Gasteiger partial charge is 0.182 e. The molecule has 0 saturated heterocycles. The Hall–Kier alpha value is -6.85. The van der Waals surface area contributed by atoms with Crippen LogP contribution in [0.25, 0.3) is 71.7 Å². The van der Waals surface area contributed by atoms with E-state index in [0.29, 0.717) is 0 Å². The van der Waals surface area contributed by atoms with Gasteiger partial charge in [0.25, 0.3) is 0 Å². The lowest BCUT2D eigenvalue weighted by Gasteiger charge is -2.42. The van der Waals surface area contributed by atoms with Crippen molar-refractivity contribution in [2.75, 3.05) is 0 Å². The summed E-state index contributed by atoms with van der Waals surface area (Å²) >= 11 is 1.92. The van der Waals surface area contributed by atoms with Crippen molar-refractivity contribution in [2.45, 2.75) is 29.1 Å².